The highest BCUT2D eigenvalue weighted by atomic mass is 16.2. The summed E-state index contributed by atoms with van der Waals surface area (Å²) >= 11 is 0. The van der Waals surface area contributed by atoms with Gasteiger partial charge in [0.2, 0.25) is 17.7 Å². The van der Waals surface area contributed by atoms with Gasteiger partial charge in [0.1, 0.15) is 6.04 Å². The first-order valence-electron chi connectivity index (χ1n) is 9.81. The van der Waals surface area contributed by atoms with Crippen LogP contribution in [0.15, 0.2) is 12.2 Å². The summed E-state index contributed by atoms with van der Waals surface area (Å²) in [5.41, 5.74) is 0. The zero-order chi connectivity index (χ0) is 18.0. The molecule has 0 aromatic heterocycles. The molecular weight excluding hydrogens is 316 g/mol. The number of nitrogens with one attached hydrogen (secondary N) is 1. The third kappa shape index (κ3) is 3.80. The highest BCUT2D eigenvalue weighted by Crippen LogP contribution is 2.37. The maximum atomic E-state index is 13.0. The number of nitrogens with zero attached hydrogens (tertiary/aromatic N) is 1. The van der Waals surface area contributed by atoms with Gasteiger partial charge in [-0.1, -0.05) is 45.3 Å². The van der Waals surface area contributed by atoms with Gasteiger partial charge in [-0.25, -0.2) is 0 Å². The topological polar surface area (TPSA) is 66.5 Å². The molecule has 0 radical (unpaired) electrons. The van der Waals surface area contributed by atoms with Crippen molar-refractivity contribution in [1.82, 2.24) is 10.2 Å². The Kier molecular flexibility index (Phi) is 5.60. The predicted octanol–water partition coefficient (Wildman–Crippen LogP) is 2.80. The summed E-state index contributed by atoms with van der Waals surface area (Å²) in [7, 11) is 0. The van der Waals surface area contributed by atoms with Crippen LogP contribution in [-0.4, -0.2) is 34.7 Å². The van der Waals surface area contributed by atoms with E-state index in [1.54, 1.807) is 0 Å². The highest BCUT2D eigenvalue weighted by molar-refractivity contribution is 6.08. The summed E-state index contributed by atoms with van der Waals surface area (Å²) in [6, 6.07) is -0.472. The average molecular weight is 346 g/mol. The van der Waals surface area contributed by atoms with Crippen LogP contribution in [0.5, 0.6) is 0 Å². The number of likely N-dealkylation sites (tertiary alicyclic amines) is 1. The quantitative estimate of drug-likeness (QED) is 0.615. The Morgan fingerprint density at radius 1 is 1.08 bits per heavy atom. The molecule has 138 valence electrons. The Morgan fingerprint density at radius 2 is 1.64 bits per heavy atom. The van der Waals surface area contributed by atoms with E-state index in [-0.39, 0.29) is 41.5 Å². The molecule has 1 saturated carbocycles. The fraction of sp³-hybridized carbons (Fsp3) is 0.750. The Morgan fingerprint density at radius 3 is 2.16 bits per heavy atom. The van der Waals surface area contributed by atoms with Crippen LogP contribution < -0.4 is 5.32 Å². The van der Waals surface area contributed by atoms with Gasteiger partial charge in [-0.15, -0.1) is 0 Å². The standard InChI is InChI=1S/C20H30N2O3/c1-13(2)12-17(18(23)21-14-8-4-3-5-9-14)22-19(24)15-10-6-7-11-16(15)20(22)25/h6-7,13-17H,3-5,8-12H2,1-2H3,(H,21,23)/t15-,16-,17-/m1/s1. The van der Waals surface area contributed by atoms with E-state index in [2.05, 4.69) is 5.32 Å². The van der Waals surface area contributed by atoms with Crippen molar-refractivity contribution in [3.05, 3.63) is 12.2 Å². The van der Waals surface area contributed by atoms with Gasteiger partial charge in [0.15, 0.2) is 0 Å². The molecule has 5 heteroatoms. The van der Waals surface area contributed by atoms with E-state index in [1.807, 2.05) is 26.0 Å². The normalized spacial score (nSPS) is 28.4. The van der Waals surface area contributed by atoms with Gasteiger partial charge in [-0.3, -0.25) is 19.3 Å². The van der Waals surface area contributed by atoms with E-state index in [1.165, 1.54) is 11.3 Å². The van der Waals surface area contributed by atoms with Gasteiger partial charge in [0.25, 0.3) is 0 Å². The third-order valence-corrected chi connectivity index (χ3v) is 5.80. The monoisotopic (exact) mass is 346 g/mol. The summed E-state index contributed by atoms with van der Waals surface area (Å²) in [5.74, 6) is -0.741. The van der Waals surface area contributed by atoms with Gasteiger partial charge < -0.3 is 5.32 Å². The van der Waals surface area contributed by atoms with Gasteiger partial charge in [-0.2, -0.15) is 0 Å². The molecule has 3 aliphatic rings. The fourth-order valence-electron chi connectivity index (χ4n) is 4.45. The van der Waals surface area contributed by atoms with Gasteiger partial charge in [-0.05, 0) is 38.0 Å². The summed E-state index contributed by atoms with van der Waals surface area (Å²) in [6.07, 6.45) is 11.2. The van der Waals surface area contributed by atoms with Crippen molar-refractivity contribution in [2.75, 3.05) is 0 Å². The van der Waals surface area contributed by atoms with E-state index in [4.69, 9.17) is 0 Å². The molecule has 0 aromatic rings. The lowest BCUT2D eigenvalue weighted by Crippen LogP contribution is -2.53. The van der Waals surface area contributed by atoms with Crippen molar-refractivity contribution in [3.8, 4) is 0 Å². The minimum Gasteiger partial charge on any atom is -0.352 e. The first kappa shape index (κ1) is 18.2. The van der Waals surface area contributed by atoms with E-state index < -0.39 is 6.04 Å². The van der Waals surface area contributed by atoms with E-state index in [9.17, 15) is 14.4 Å². The molecule has 1 saturated heterocycles. The number of fused-ring (bicyclic) bond motifs is 1. The Labute approximate surface area is 150 Å². The van der Waals surface area contributed by atoms with Crippen LogP contribution in [0.1, 0.15) is 65.2 Å². The summed E-state index contributed by atoms with van der Waals surface area (Å²) in [5, 5.41) is 3.12. The lowest BCUT2D eigenvalue weighted by atomic mass is 9.85. The molecule has 5 nitrogen and oxygen atoms in total. The minimum absolute atomic E-state index is 0.145. The predicted molar refractivity (Wildman–Crippen MR) is 95.5 cm³/mol. The summed E-state index contributed by atoms with van der Waals surface area (Å²) < 4.78 is 0. The van der Waals surface area contributed by atoms with Crippen molar-refractivity contribution in [2.24, 2.45) is 17.8 Å². The molecule has 2 aliphatic carbocycles. The Bertz CT molecular complexity index is 537. The molecule has 0 unspecified atom stereocenters. The molecule has 0 bridgehead atoms. The number of amides is 3. The first-order chi connectivity index (χ1) is 12.0. The lowest BCUT2D eigenvalue weighted by molar-refractivity contribution is -0.148. The van der Waals surface area contributed by atoms with Crippen LogP contribution in [0.4, 0.5) is 0 Å². The largest absolute Gasteiger partial charge is 0.352 e. The molecule has 3 amide bonds. The van der Waals surface area contributed by atoms with Crippen molar-refractivity contribution in [1.29, 1.82) is 0 Å². The van der Waals surface area contributed by atoms with E-state index >= 15 is 0 Å². The van der Waals surface area contributed by atoms with Gasteiger partial charge in [0, 0.05) is 6.04 Å². The number of allylic oxidation sites excluding steroid dienone is 2. The number of rotatable bonds is 5. The van der Waals surface area contributed by atoms with Crippen molar-refractivity contribution in [2.45, 2.75) is 77.3 Å². The molecular formula is C20H30N2O3. The lowest BCUT2D eigenvalue weighted by Gasteiger charge is -2.30. The van der Waals surface area contributed by atoms with Crippen LogP contribution in [0.25, 0.3) is 0 Å². The molecule has 3 atom stereocenters. The first-order valence-corrected chi connectivity index (χ1v) is 9.81. The zero-order valence-corrected chi connectivity index (χ0v) is 15.4. The molecule has 0 aromatic carbocycles. The van der Waals surface area contributed by atoms with Crippen molar-refractivity contribution >= 4 is 17.7 Å². The highest BCUT2D eigenvalue weighted by Gasteiger charge is 2.51. The van der Waals surface area contributed by atoms with Crippen LogP contribution >= 0.6 is 0 Å². The average Bonchev–Trinajstić information content (AvgIpc) is 2.85. The minimum atomic E-state index is -0.660. The second-order valence-corrected chi connectivity index (χ2v) is 8.19. The summed E-state index contributed by atoms with van der Waals surface area (Å²) in [4.78, 5) is 40.0. The molecule has 1 N–H and O–H groups in total. The van der Waals surface area contributed by atoms with E-state index in [0.29, 0.717) is 19.3 Å². The van der Waals surface area contributed by atoms with E-state index in [0.717, 1.165) is 25.7 Å². The van der Waals surface area contributed by atoms with Gasteiger partial charge in [0.05, 0.1) is 11.8 Å². The van der Waals surface area contributed by atoms with Crippen LogP contribution in [-0.2, 0) is 14.4 Å². The molecule has 2 fully saturated rings. The molecule has 1 aliphatic heterocycles. The van der Waals surface area contributed by atoms with Gasteiger partial charge >= 0.3 is 0 Å². The SMILES string of the molecule is CC(C)C[C@H](C(=O)NC1CCCCC1)N1C(=O)[C@@H]2CC=CC[C@H]2C1=O. The number of hydrogen-bond acceptors (Lipinski definition) is 3. The van der Waals surface area contributed by atoms with Crippen LogP contribution in [0.3, 0.4) is 0 Å². The number of carbonyl (C=O) groups is 3. The number of hydrogen-bond donors (Lipinski definition) is 1. The molecule has 1 heterocycles. The van der Waals surface area contributed by atoms with Crippen LogP contribution in [0.2, 0.25) is 0 Å². The second-order valence-electron chi connectivity index (χ2n) is 8.19. The second kappa shape index (κ2) is 7.71. The Balaban J connectivity index is 1.76. The smallest absolute Gasteiger partial charge is 0.243 e. The summed E-state index contributed by atoms with van der Waals surface area (Å²) in [6.45, 7) is 4.06. The number of carbonyl (C=O) groups excluding carboxylic acids is 3. The van der Waals surface area contributed by atoms with Crippen molar-refractivity contribution in [3.63, 3.8) is 0 Å². The Hall–Kier alpha value is -1.65. The van der Waals surface area contributed by atoms with Crippen molar-refractivity contribution < 1.29 is 14.4 Å². The zero-order valence-electron chi connectivity index (χ0n) is 15.4. The maximum Gasteiger partial charge on any atom is 0.243 e. The van der Waals surface area contributed by atoms with Crippen LogP contribution in [0, 0.1) is 17.8 Å². The molecule has 3 rings (SSSR count). The molecule has 25 heavy (non-hydrogen) atoms. The molecule has 0 spiro atoms. The third-order valence-electron chi connectivity index (χ3n) is 5.80. The maximum absolute atomic E-state index is 13.0. The number of imide groups is 1. The fourth-order valence-corrected chi connectivity index (χ4v) is 4.45.